The van der Waals surface area contributed by atoms with E-state index in [1.165, 1.54) is 0 Å². The molecule has 0 radical (unpaired) electrons. The second kappa shape index (κ2) is 6.65. The fourth-order valence-corrected chi connectivity index (χ4v) is 4.10. The summed E-state index contributed by atoms with van der Waals surface area (Å²) in [5.41, 5.74) is 9.22. The van der Waals surface area contributed by atoms with Crippen molar-refractivity contribution in [1.82, 2.24) is 25.9 Å². The second-order valence-corrected chi connectivity index (χ2v) is 8.14. The Hall–Kier alpha value is -2.38. The highest BCUT2D eigenvalue weighted by atomic mass is 16.5. The summed E-state index contributed by atoms with van der Waals surface area (Å²) in [4.78, 5) is 12.9. The van der Waals surface area contributed by atoms with Crippen LogP contribution in [0.1, 0.15) is 55.6 Å². The number of rotatable bonds is 3. The van der Waals surface area contributed by atoms with E-state index in [1.54, 1.807) is 4.68 Å². The van der Waals surface area contributed by atoms with Gasteiger partial charge in [0.05, 0.1) is 17.8 Å². The largest absolute Gasteiger partial charge is 0.487 e. The van der Waals surface area contributed by atoms with Crippen molar-refractivity contribution in [3.8, 4) is 5.75 Å². The zero-order valence-corrected chi connectivity index (χ0v) is 16.2. The summed E-state index contributed by atoms with van der Waals surface area (Å²) in [7, 11) is 1.91. The Bertz CT molecular complexity index is 860. The maximum absolute atomic E-state index is 12.9. The Balaban J connectivity index is 1.46. The quantitative estimate of drug-likeness (QED) is 0.772. The van der Waals surface area contributed by atoms with E-state index in [-0.39, 0.29) is 29.6 Å². The van der Waals surface area contributed by atoms with Crippen molar-refractivity contribution >= 4 is 5.91 Å². The first-order valence-corrected chi connectivity index (χ1v) is 9.42. The Morgan fingerprint density at radius 1 is 1.30 bits per heavy atom. The third-order valence-electron chi connectivity index (χ3n) is 5.34. The Morgan fingerprint density at radius 3 is 2.81 bits per heavy atom. The first-order chi connectivity index (χ1) is 12.8. The number of hydrogen-bond donors (Lipinski definition) is 3. The summed E-state index contributed by atoms with van der Waals surface area (Å²) in [5, 5.41) is 7.62. The zero-order chi connectivity index (χ0) is 19.2. The minimum Gasteiger partial charge on any atom is -0.487 e. The van der Waals surface area contributed by atoms with E-state index in [1.807, 2.05) is 44.4 Å². The molecule has 1 aromatic carbocycles. The summed E-state index contributed by atoms with van der Waals surface area (Å²) in [6, 6.07) is 7.67. The molecule has 27 heavy (non-hydrogen) atoms. The molecule has 3 unspecified atom stereocenters. The van der Waals surface area contributed by atoms with E-state index in [0.29, 0.717) is 6.42 Å². The highest BCUT2D eigenvalue weighted by Gasteiger charge is 2.37. The average Bonchev–Trinajstić information content (AvgIpc) is 3.20. The lowest BCUT2D eigenvalue weighted by Gasteiger charge is -2.38. The van der Waals surface area contributed by atoms with Gasteiger partial charge in [0.2, 0.25) is 5.91 Å². The number of fused-ring (bicyclic) bond motifs is 1. The summed E-state index contributed by atoms with van der Waals surface area (Å²) in [5.74, 6) is 0.851. The number of para-hydroxylation sites is 1. The van der Waals surface area contributed by atoms with Gasteiger partial charge in [-0.3, -0.25) is 9.48 Å². The molecule has 1 saturated heterocycles. The highest BCUT2D eigenvalue weighted by Crippen LogP contribution is 2.39. The van der Waals surface area contributed by atoms with E-state index in [9.17, 15) is 4.79 Å². The number of aromatic nitrogens is 2. The van der Waals surface area contributed by atoms with Gasteiger partial charge >= 0.3 is 0 Å². The van der Waals surface area contributed by atoms with Crippen LogP contribution >= 0.6 is 0 Å². The molecule has 0 spiro atoms. The average molecular weight is 369 g/mol. The lowest BCUT2D eigenvalue weighted by atomic mass is 9.89. The molecule has 7 nitrogen and oxygen atoms in total. The molecule has 0 bridgehead atoms. The van der Waals surface area contributed by atoms with Gasteiger partial charge in [-0.2, -0.15) is 5.10 Å². The molecule has 3 heterocycles. The van der Waals surface area contributed by atoms with Gasteiger partial charge in [-0.05, 0) is 33.3 Å². The van der Waals surface area contributed by atoms with Gasteiger partial charge in [-0.25, -0.2) is 10.9 Å². The van der Waals surface area contributed by atoms with E-state index in [2.05, 4.69) is 35.1 Å². The molecule has 4 rings (SSSR count). The number of carbonyl (C=O) groups is 1. The molecule has 1 amide bonds. The monoisotopic (exact) mass is 369 g/mol. The topological polar surface area (TPSA) is 80.2 Å². The number of hydrazine groups is 1. The van der Waals surface area contributed by atoms with E-state index >= 15 is 0 Å². The van der Waals surface area contributed by atoms with Gasteiger partial charge in [0.25, 0.3) is 0 Å². The van der Waals surface area contributed by atoms with Crippen LogP contribution in [0.2, 0.25) is 0 Å². The number of ether oxygens (including phenoxy) is 1. The van der Waals surface area contributed by atoms with Crippen LogP contribution in [-0.4, -0.2) is 27.3 Å². The van der Waals surface area contributed by atoms with Crippen molar-refractivity contribution in [2.24, 2.45) is 7.05 Å². The molecule has 1 aromatic heterocycles. The lowest BCUT2D eigenvalue weighted by molar-refractivity contribution is -0.124. The molecule has 7 heteroatoms. The first kappa shape index (κ1) is 18.0. The third-order valence-corrected chi connectivity index (χ3v) is 5.34. The van der Waals surface area contributed by atoms with Gasteiger partial charge in [-0.1, -0.05) is 18.2 Å². The molecule has 144 valence electrons. The van der Waals surface area contributed by atoms with Gasteiger partial charge in [0.15, 0.2) is 0 Å². The van der Waals surface area contributed by atoms with Gasteiger partial charge in [-0.15, -0.1) is 0 Å². The van der Waals surface area contributed by atoms with Crippen molar-refractivity contribution in [2.75, 3.05) is 0 Å². The Kier molecular flexibility index (Phi) is 4.44. The smallest absolute Gasteiger partial charge is 0.239 e. The molecule has 0 aliphatic carbocycles. The van der Waals surface area contributed by atoms with Crippen molar-refractivity contribution in [2.45, 2.75) is 57.3 Å². The lowest BCUT2D eigenvalue weighted by Crippen LogP contribution is -2.47. The van der Waals surface area contributed by atoms with E-state index < -0.39 is 0 Å². The summed E-state index contributed by atoms with van der Waals surface area (Å²) < 4.78 is 7.86. The molecule has 1 fully saturated rings. The minimum absolute atomic E-state index is 0.00375. The Labute approximate surface area is 159 Å². The van der Waals surface area contributed by atoms with Crippen molar-refractivity contribution in [3.05, 3.63) is 47.3 Å². The van der Waals surface area contributed by atoms with Crippen LogP contribution in [0.3, 0.4) is 0 Å². The standard InChI is InChI=1S/C20H27N5O2/c1-12-14(11-25(4)24-12)15-9-16(23-22-15)19(26)21-17-10-20(2,3)27-18-8-6-5-7-13(17)18/h5-8,11,15-17,22-23H,9-10H2,1-4H3,(H,21,26). The fourth-order valence-electron chi connectivity index (χ4n) is 4.10. The maximum atomic E-state index is 12.9. The number of carbonyl (C=O) groups excluding carboxylic acids is 1. The maximum Gasteiger partial charge on any atom is 0.239 e. The van der Waals surface area contributed by atoms with E-state index in [0.717, 1.165) is 29.0 Å². The minimum atomic E-state index is -0.316. The van der Waals surface area contributed by atoms with Crippen LogP contribution in [0.4, 0.5) is 0 Å². The van der Waals surface area contributed by atoms with Crippen LogP contribution in [0.25, 0.3) is 0 Å². The predicted octanol–water partition coefficient (Wildman–Crippen LogP) is 2.05. The normalized spacial score (nSPS) is 26.3. The molecule has 2 aliphatic heterocycles. The molecule has 0 saturated carbocycles. The second-order valence-electron chi connectivity index (χ2n) is 8.14. The highest BCUT2D eigenvalue weighted by molar-refractivity contribution is 5.82. The molecular formula is C20H27N5O2. The zero-order valence-electron chi connectivity index (χ0n) is 16.2. The van der Waals surface area contributed by atoms with Crippen LogP contribution < -0.4 is 20.9 Å². The molecule has 3 N–H and O–H groups in total. The molecular weight excluding hydrogens is 342 g/mol. The number of nitrogens with zero attached hydrogens (tertiary/aromatic N) is 2. The van der Waals surface area contributed by atoms with E-state index in [4.69, 9.17) is 4.74 Å². The van der Waals surface area contributed by atoms with Crippen molar-refractivity contribution in [3.63, 3.8) is 0 Å². The number of nitrogens with one attached hydrogen (secondary N) is 3. The van der Waals surface area contributed by atoms with Crippen LogP contribution in [0.15, 0.2) is 30.5 Å². The van der Waals surface area contributed by atoms with Gasteiger partial charge in [0, 0.05) is 30.8 Å². The van der Waals surface area contributed by atoms with Crippen LogP contribution in [0.5, 0.6) is 5.75 Å². The summed E-state index contributed by atoms with van der Waals surface area (Å²) >= 11 is 0. The van der Waals surface area contributed by atoms with Gasteiger partial charge < -0.3 is 10.1 Å². The third kappa shape index (κ3) is 3.57. The first-order valence-electron chi connectivity index (χ1n) is 9.42. The number of benzene rings is 1. The van der Waals surface area contributed by atoms with Crippen LogP contribution in [-0.2, 0) is 11.8 Å². The number of aryl methyl sites for hydroxylation is 2. The predicted molar refractivity (Wildman–Crippen MR) is 102 cm³/mol. The number of hydrogen-bond acceptors (Lipinski definition) is 5. The molecule has 2 aromatic rings. The Morgan fingerprint density at radius 2 is 2.07 bits per heavy atom. The van der Waals surface area contributed by atoms with Gasteiger partial charge in [0.1, 0.15) is 17.4 Å². The van der Waals surface area contributed by atoms with Crippen molar-refractivity contribution in [1.29, 1.82) is 0 Å². The fraction of sp³-hybridized carbons (Fsp3) is 0.500. The molecule has 2 aliphatic rings. The van der Waals surface area contributed by atoms with Crippen LogP contribution in [0, 0.1) is 6.92 Å². The number of amides is 1. The molecule has 3 atom stereocenters. The SMILES string of the molecule is Cc1nn(C)cc1C1CC(C(=O)NC2CC(C)(C)Oc3ccccc32)NN1. The summed E-state index contributed by atoms with van der Waals surface area (Å²) in [6.45, 7) is 6.10. The summed E-state index contributed by atoms with van der Waals surface area (Å²) in [6.07, 6.45) is 3.43. The van der Waals surface area contributed by atoms with Crippen molar-refractivity contribution < 1.29 is 9.53 Å².